The number of benzene rings is 1. The molecule has 1 atom stereocenters. The van der Waals surface area contributed by atoms with Crippen molar-refractivity contribution in [2.75, 3.05) is 18.4 Å². The molecule has 2 aromatic rings. The van der Waals surface area contributed by atoms with Gasteiger partial charge in [-0.1, -0.05) is 17.8 Å². The van der Waals surface area contributed by atoms with E-state index < -0.39 is 28.4 Å². The number of anilines is 1. The molecule has 1 saturated heterocycles. The van der Waals surface area contributed by atoms with Gasteiger partial charge in [-0.3, -0.25) is 9.69 Å². The lowest BCUT2D eigenvalue weighted by Crippen LogP contribution is -2.18. The molecule has 1 fully saturated rings. The van der Waals surface area contributed by atoms with Gasteiger partial charge in [-0.25, -0.2) is 13.8 Å². The number of nitrogens with one attached hydrogen (secondary N) is 1. The van der Waals surface area contributed by atoms with Crippen LogP contribution in [-0.2, 0) is 16.9 Å². The zero-order valence-corrected chi connectivity index (χ0v) is 19.5. The summed E-state index contributed by atoms with van der Waals surface area (Å²) < 4.78 is 29.7. The summed E-state index contributed by atoms with van der Waals surface area (Å²) in [6.45, 7) is 5.96. The summed E-state index contributed by atoms with van der Waals surface area (Å²) in [7, 11) is 0. The Hall–Kier alpha value is -2.49. The van der Waals surface area contributed by atoms with E-state index in [1.54, 1.807) is 6.20 Å². The Labute approximate surface area is 196 Å². The second kappa shape index (κ2) is 9.40. The molecule has 0 aliphatic carbocycles. The monoisotopic (exact) mass is 474 g/mol. The van der Waals surface area contributed by atoms with Gasteiger partial charge < -0.3 is 16.2 Å². The molecule has 176 valence electrons. The maximum absolute atomic E-state index is 14.9. The van der Waals surface area contributed by atoms with Gasteiger partial charge in [0, 0.05) is 29.1 Å². The average molecular weight is 475 g/mol. The minimum atomic E-state index is -1.38. The molecule has 1 amide bonds. The van der Waals surface area contributed by atoms with Crippen molar-refractivity contribution in [3.05, 3.63) is 69.4 Å². The van der Waals surface area contributed by atoms with Gasteiger partial charge in [-0.2, -0.15) is 0 Å². The number of thioether (sulfide) groups is 1. The Bertz CT molecular complexity index is 1050. The normalized spacial score (nSPS) is 19.4. The molecule has 4 rings (SSSR count). The van der Waals surface area contributed by atoms with Gasteiger partial charge in [-0.15, -0.1) is 0 Å². The van der Waals surface area contributed by atoms with Crippen molar-refractivity contribution in [3.8, 4) is 0 Å². The first kappa shape index (κ1) is 23.7. The fraction of sp³-hybridized carbons (Fsp3) is 0.417. The molecule has 4 N–H and O–H groups in total. The summed E-state index contributed by atoms with van der Waals surface area (Å²) in [5.41, 5.74) is 5.56. The number of aromatic nitrogens is 1. The van der Waals surface area contributed by atoms with Crippen molar-refractivity contribution in [2.45, 2.75) is 50.5 Å². The van der Waals surface area contributed by atoms with Crippen LogP contribution in [0.15, 0.2) is 41.1 Å². The van der Waals surface area contributed by atoms with Crippen molar-refractivity contribution < 1.29 is 18.7 Å². The minimum absolute atomic E-state index is 0.0884. The van der Waals surface area contributed by atoms with Crippen molar-refractivity contribution in [3.63, 3.8) is 0 Å². The number of carbonyl (C=O) groups excluding carboxylic acids is 1. The van der Waals surface area contributed by atoms with E-state index in [0.717, 1.165) is 49.1 Å². The maximum Gasteiger partial charge on any atom is 0.247 e. The Morgan fingerprint density at radius 2 is 1.94 bits per heavy atom. The highest BCUT2D eigenvalue weighted by Gasteiger charge is 2.34. The molecular weight excluding hydrogens is 446 g/mol. The molecule has 0 spiro atoms. The highest BCUT2D eigenvalue weighted by Crippen LogP contribution is 2.49. The second-order valence-electron chi connectivity index (χ2n) is 9.06. The fourth-order valence-corrected chi connectivity index (χ4v) is 5.53. The third-order valence-electron chi connectivity index (χ3n) is 6.00. The first-order valence-electron chi connectivity index (χ1n) is 11.0. The molecule has 1 unspecified atom stereocenters. The summed E-state index contributed by atoms with van der Waals surface area (Å²) in [6, 6.07) is 6.07. The Morgan fingerprint density at radius 1 is 1.27 bits per heavy atom. The number of likely N-dealkylation sites (tertiary alicyclic amines) is 1. The largest absolute Gasteiger partial charge is 0.386 e. The van der Waals surface area contributed by atoms with E-state index in [1.165, 1.54) is 26.7 Å². The standard InChI is InChI=1S/C24H28F2N4O2S/c1-24(2,32)15-9-17(25)21(18(26)10-15)19-11-16(22(27)31)23(33-19)29-20-6-5-14(12-28-20)13-30-7-3-4-8-30/h5-6,9-10,12,19,32H,3-4,7-8,11,13H2,1-2H3,(H2,27,31)(H,28,29). The predicted molar refractivity (Wildman–Crippen MR) is 125 cm³/mol. The second-order valence-corrected chi connectivity index (χ2v) is 10.3. The van der Waals surface area contributed by atoms with Gasteiger partial charge in [-0.05, 0) is 75.5 Å². The van der Waals surface area contributed by atoms with E-state index in [9.17, 15) is 18.7 Å². The number of nitrogens with zero attached hydrogens (tertiary/aromatic N) is 2. The SMILES string of the molecule is CC(C)(O)c1cc(F)c(C2CC(C(N)=O)=C(Nc3ccc(CN4CCCC4)cn3)S2)c(F)c1. The van der Waals surface area contributed by atoms with E-state index in [2.05, 4.69) is 15.2 Å². The van der Waals surface area contributed by atoms with Crippen molar-refractivity contribution >= 4 is 23.5 Å². The molecular formula is C24H28F2N4O2S. The summed E-state index contributed by atoms with van der Waals surface area (Å²) >= 11 is 1.14. The number of aliphatic hydroxyl groups is 1. The van der Waals surface area contributed by atoms with Crippen molar-refractivity contribution in [1.82, 2.24) is 9.88 Å². The molecule has 2 aliphatic heterocycles. The quantitative estimate of drug-likeness (QED) is 0.558. The fourth-order valence-electron chi connectivity index (χ4n) is 4.16. The minimum Gasteiger partial charge on any atom is -0.386 e. The molecule has 1 aromatic carbocycles. The number of primary amides is 1. The van der Waals surface area contributed by atoms with Gasteiger partial charge in [0.25, 0.3) is 0 Å². The lowest BCUT2D eigenvalue weighted by Gasteiger charge is -2.20. The molecule has 0 radical (unpaired) electrons. The van der Waals surface area contributed by atoms with Crippen LogP contribution in [0.2, 0.25) is 0 Å². The third-order valence-corrected chi connectivity index (χ3v) is 7.27. The first-order valence-corrected chi connectivity index (χ1v) is 11.9. The number of rotatable bonds is 7. The van der Waals surface area contributed by atoms with Crippen LogP contribution < -0.4 is 11.1 Å². The average Bonchev–Trinajstić information content (AvgIpc) is 3.38. The number of amides is 1. The molecule has 33 heavy (non-hydrogen) atoms. The van der Waals surface area contributed by atoms with E-state index in [4.69, 9.17) is 5.73 Å². The van der Waals surface area contributed by atoms with Crippen molar-refractivity contribution in [2.24, 2.45) is 5.73 Å². The zero-order chi connectivity index (χ0) is 23.8. The number of nitrogens with two attached hydrogens (primary N) is 1. The van der Waals surface area contributed by atoms with Crippen LogP contribution >= 0.6 is 11.8 Å². The maximum atomic E-state index is 14.9. The molecule has 3 heterocycles. The van der Waals surface area contributed by atoms with Gasteiger partial charge in [0.1, 0.15) is 17.5 Å². The highest BCUT2D eigenvalue weighted by atomic mass is 32.2. The lowest BCUT2D eigenvalue weighted by atomic mass is 9.94. The number of hydrogen-bond donors (Lipinski definition) is 3. The predicted octanol–water partition coefficient (Wildman–Crippen LogP) is 4.17. The number of carbonyl (C=O) groups is 1. The summed E-state index contributed by atoms with van der Waals surface area (Å²) in [4.78, 5) is 18.9. The van der Waals surface area contributed by atoms with E-state index in [1.807, 2.05) is 12.1 Å². The van der Waals surface area contributed by atoms with E-state index in [0.29, 0.717) is 10.8 Å². The Balaban J connectivity index is 1.51. The van der Waals surface area contributed by atoms with Crippen molar-refractivity contribution in [1.29, 1.82) is 0 Å². The number of pyridine rings is 1. The molecule has 0 saturated carbocycles. The van der Waals surface area contributed by atoms with Crippen LogP contribution in [0.4, 0.5) is 14.6 Å². The smallest absolute Gasteiger partial charge is 0.247 e. The summed E-state index contributed by atoms with van der Waals surface area (Å²) in [5, 5.41) is 13.0. The number of hydrogen-bond acceptors (Lipinski definition) is 6. The summed E-state index contributed by atoms with van der Waals surface area (Å²) in [5.74, 6) is -1.65. The first-order chi connectivity index (χ1) is 15.6. The molecule has 9 heteroatoms. The zero-order valence-electron chi connectivity index (χ0n) is 18.7. The Kier molecular flexibility index (Phi) is 6.74. The van der Waals surface area contributed by atoms with Crippen LogP contribution in [0.5, 0.6) is 0 Å². The van der Waals surface area contributed by atoms with Gasteiger partial charge in [0.15, 0.2) is 0 Å². The molecule has 1 aromatic heterocycles. The van der Waals surface area contributed by atoms with Crippen LogP contribution in [0.25, 0.3) is 0 Å². The van der Waals surface area contributed by atoms with Gasteiger partial charge >= 0.3 is 0 Å². The third kappa shape index (κ3) is 5.37. The number of halogens is 2. The van der Waals surface area contributed by atoms with Crippen LogP contribution in [-0.4, -0.2) is 34.0 Å². The summed E-state index contributed by atoms with van der Waals surface area (Å²) in [6.07, 6.45) is 4.32. The molecule has 0 bridgehead atoms. The highest BCUT2D eigenvalue weighted by molar-refractivity contribution is 8.03. The topological polar surface area (TPSA) is 91.5 Å². The van der Waals surface area contributed by atoms with Crippen LogP contribution in [0.1, 0.15) is 55.1 Å². The molecule has 6 nitrogen and oxygen atoms in total. The molecule has 2 aliphatic rings. The Morgan fingerprint density at radius 3 is 2.48 bits per heavy atom. The van der Waals surface area contributed by atoms with E-state index in [-0.39, 0.29) is 23.1 Å². The van der Waals surface area contributed by atoms with Gasteiger partial charge in [0.2, 0.25) is 5.91 Å². The van der Waals surface area contributed by atoms with Crippen LogP contribution in [0, 0.1) is 11.6 Å². The van der Waals surface area contributed by atoms with Crippen LogP contribution in [0.3, 0.4) is 0 Å². The lowest BCUT2D eigenvalue weighted by molar-refractivity contribution is -0.114. The van der Waals surface area contributed by atoms with E-state index >= 15 is 0 Å². The van der Waals surface area contributed by atoms with Gasteiger partial charge in [0.05, 0.1) is 10.6 Å².